The molecule has 1 fully saturated rings. The third-order valence-corrected chi connectivity index (χ3v) is 6.40. The molecule has 1 saturated heterocycles. The Morgan fingerprint density at radius 2 is 1.96 bits per heavy atom. The molecule has 0 spiro atoms. The normalized spacial score (nSPS) is 15.9. The number of hydrogen-bond donors (Lipinski definition) is 1. The fourth-order valence-electron chi connectivity index (χ4n) is 3.56. The molecule has 1 aromatic heterocycles. The van der Waals surface area contributed by atoms with Gasteiger partial charge in [-0.25, -0.2) is 4.98 Å². The van der Waals surface area contributed by atoms with Crippen molar-refractivity contribution in [2.45, 2.75) is 18.3 Å². The quantitative estimate of drug-likeness (QED) is 0.566. The number of carbonyl (C=O) groups is 1. The second-order valence-corrected chi connectivity index (χ2v) is 8.43. The molecule has 0 bridgehead atoms. The maximum absolute atomic E-state index is 13.5. The Balaban J connectivity index is 1.66. The van der Waals surface area contributed by atoms with Crippen molar-refractivity contribution in [1.29, 1.82) is 0 Å². The summed E-state index contributed by atoms with van der Waals surface area (Å²) in [7, 11) is 0. The summed E-state index contributed by atoms with van der Waals surface area (Å²) in [5.74, 6) is -0.0867. The molecule has 1 aliphatic rings. The number of amides is 1. The van der Waals surface area contributed by atoms with Crippen molar-refractivity contribution in [2.75, 3.05) is 18.5 Å². The topological polar surface area (TPSA) is 51.2 Å². The predicted octanol–water partition coefficient (Wildman–Crippen LogP) is 5.80. The minimum Gasteiger partial charge on any atom is -0.381 e. The molecule has 2 heterocycles. The van der Waals surface area contributed by atoms with E-state index in [1.54, 1.807) is 29.7 Å². The molecule has 2 aromatic carbocycles. The van der Waals surface area contributed by atoms with Crippen LogP contribution < -0.4 is 5.32 Å². The summed E-state index contributed by atoms with van der Waals surface area (Å²) < 4.78 is 5.52. The van der Waals surface area contributed by atoms with Crippen LogP contribution in [0.5, 0.6) is 0 Å². The summed E-state index contributed by atoms with van der Waals surface area (Å²) in [5, 5.41) is 6.98. The standard InChI is InChI=1S/C21H18Cl2N2O2S/c22-15-4-5-17(18(23)13-15)21(6-9-27-10-7-21)20(26)25-16-3-1-2-14(12-16)19-24-8-11-28-19/h1-5,8,11-13H,6-7,9-10H2,(H,25,26). The minimum atomic E-state index is -0.753. The molecular weight excluding hydrogens is 415 g/mol. The van der Waals surface area contributed by atoms with Crippen molar-refractivity contribution in [3.05, 3.63) is 69.7 Å². The second-order valence-electron chi connectivity index (χ2n) is 6.69. The largest absolute Gasteiger partial charge is 0.381 e. The summed E-state index contributed by atoms with van der Waals surface area (Å²) in [6.45, 7) is 1.01. The van der Waals surface area contributed by atoms with E-state index in [1.165, 1.54) is 0 Å². The maximum atomic E-state index is 13.5. The van der Waals surface area contributed by atoms with Gasteiger partial charge in [-0.3, -0.25) is 4.79 Å². The van der Waals surface area contributed by atoms with Crippen molar-refractivity contribution in [3.8, 4) is 10.6 Å². The van der Waals surface area contributed by atoms with Crippen LogP contribution in [0.15, 0.2) is 54.0 Å². The van der Waals surface area contributed by atoms with Gasteiger partial charge < -0.3 is 10.1 Å². The van der Waals surface area contributed by atoms with Gasteiger partial charge in [-0.15, -0.1) is 11.3 Å². The maximum Gasteiger partial charge on any atom is 0.235 e. The van der Waals surface area contributed by atoms with Gasteiger partial charge in [-0.1, -0.05) is 41.4 Å². The van der Waals surface area contributed by atoms with E-state index >= 15 is 0 Å². The van der Waals surface area contributed by atoms with Crippen molar-refractivity contribution in [3.63, 3.8) is 0 Å². The number of ether oxygens (including phenoxy) is 1. The van der Waals surface area contributed by atoms with Crippen LogP contribution in [0.25, 0.3) is 10.6 Å². The Morgan fingerprint density at radius 3 is 2.68 bits per heavy atom. The molecule has 0 radical (unpaired) electrons. The van der Waals surface area contributed by atoms with E-state index in [0.717, 1.165) is 21.8 Å². The van der Waals surface area contributed by atoms with E-state index in [-0.39, 0.29) is 5.91 Å². The van der Waals surface area contributed by atoms with E-state index in [4.69, 9.17) is 27.9 Å². The SMILES string of the molecule is O=C(Nc1cccc(-c2nccs2)c1)C1(c2ccc(Cl)cc2Cl)CCOCC1. The zero-order valence-electron chi connectivity index (χ0n) is 15.0. The third-order valence-electron chi connectivity index (χ3n) is 5.03. The number of halogens is 2. The van der Waals surface area contributed by atoms with Crippen LogP contribution in [0, 0.1) is 0 Å². The van der Waals surface area contributed by atoms with E-state index < -0.39 is 5.41 Å². The number of hydrogen-bond acceptors (Lipinski definition) is 4. The Labute approximate surface area is 177 Å². The highest BCUT2D eigenvalue weighted by atomic mass is 35.5. The second kappa shape index (κ2) is 8.21. The molecule has 4 rings (SSSR count). The molecule has 28 heavy (non-hydrogen) atoms. The van der Waals surface area contributed by atoms with Gasteiger partial charge >= 0.3 is 0 Å². The van der Waals surface area contributed by atoms with Gasteiger partial charge in [0.1, 0.15) is 5.01 Å². The molecule has 0 unspecified atom stereocenters. The zero-order chi connectivity index (χ0) is 19.6. The van der Waals surface area contributed by atoms with E-state index in [1.807, 2.05) is 35.7 Å². The van der Waals surface area contributed by atoms with E-state index in [2.05, 4.69) is 10.3 Å². The van der Waals surface area contributed by atoms with Crippen molar-refractivity contribution >= 4 is 46.1 Å². The number of anilines is 1. The van der Waals surface area contributed by atoms with Crippen LogP contribution in [0.2, 0.25) is 10.0 Å². The summed E-state index contributed by atoms with van der Waals surface area (Å²) in [4.78, 5) is 17.8. The zero-order valence-corrected chi connectivity index (χ0v) is 17.3. The number of rotatable bonds is 4. The molecule has 1 aliphatic heterocycles. The van der Waals surface area contributed by atoms with Gasteiger partial charge in [0, 0.05) is 46.1 Å². The lowest BCUT2D eigenvalue weighted by molar-refractivity contribution is -0.125. The van der Waals surface area contributed by atoms with Crippen molar-refractivity contribution in [1.82, 2.24) is 4.98 Å². The number of nitrogens with one attached hydrogen (secondary N) is 1. The molecule has 0 atom stereocenters. The lowest BCUT2D eigenvalue weighted by Crippen LogP contribution is -2.45. The van der Waals surface area contributed by atoms with Crippen LogP contribution >= 0.6 is 34.5 Å². The third kappa shape index (κ3) is 3.80. The lowest BCUT2D eigenvalue weighted by atomic mass is 9.73. The smallest absolute Gasteiger partial charge is 0.235 e. The highest BCUT2D eigenvalue weighted by Crippen LogP contribution is 2.40. The molecule has 144 valence electrons. The van der Waals surface area contributed by atoms with Crippen LogP contribution in [-0.4, -0.2) is 24.1 Å². The van der Waals surface area contributed by atoms with Gasteiger partial charge in [-0.05, 0) is 42.7 Å². The van der Waals surface area contributed by atoms with Gasteiger partial charge in [0.2, 0.25) is 5.91 Å². The molecule has 7 heteroatoms. The first kappa shape index (κ1) is 19.4. The molecule has 0 saturated carbocycles. The molecule has 3 aromatic rings. The fourth-order valence-corrected chi connectivity index (χ4v) is 4.79. The van der Waals surface area contributed by atoms with Crippen LogP contribution in [-0.2, 0) is 14.9 Å². The monoisotopic (exact) mass is 432 g/mol. The lowest BCUT2D eigenvalue weighted by Gasteiger charge is -2.36. The Morgan fingerprint density at radius 1 is 1.14 bits per heavy atom. The fraction of sp³-hybridized carbons (Fsp3) is 0.238. The highest BCUT2D eigenvalue weighted by molar-refractivity contribution is 7.13. The van der Waals surface area contributed by atoms with Crippen LogP contribution in [0.1, 0.15) is 18.4 Å². The Bertz CT molecular complexity index is 986. The summed E-state index contributed by atoms with van der Waals surface area (Å²) in [5.41, 5.74) is 1.74. The van der Waals surface area contributed by atoms with Crippen molar-refractivity contribution in [2.24, 2.45) is 0 Å². The van der Waals surface area contributed by atoms with Gasteiger partial charge in [0.15, 0.2) is 0 Å². The predicted molar refractivity (Wildman–Crippen MR) is 114 cm³/mol. The summed E-state index contributed by atoms with van der Waals surface area (Å²) in [6, 6.07) is 13.0. The average Bonchev–Trinajstić information content (AvgIpc) is 3.23. The van der Waals surface area contributed by atoms with Gasteiger partial charge in [0.25, 0.3) is 0 Å². The van der Waals surface area contributed by atoms with Crippen LogP contribution in [0.4, 0.5) is 5.69 Å². The number of aromatic nitrogens is 1. The Hall–Kier alpha value is -1.92. The first-order valence-electron chi connectivity index (χ1n) is 8.93. The average molecular weight is 433 g/mol. The molecular formula is C21H18Cl2N2O2S. The highest BCUT2D eigenvalue weighted by Gasteiger charge is 2.43. The molecule has 4 nitrogen and oxygen atoms in total. The van der Waals surface area contributed by atoms with Gasteiger partial charge in [0.05, 0.1) is 5.41 Å². The number of benzene rings is 2. The number of carbonyl (C=O) groups excluding carboxylic acids is 1. The van der Waals surface area contributed by atoms with Crippen LogP contribution in [0.3, 0.4) is 0 Å². The van der Waals surface area contributed by atoms with E-state index in [9.17, 15) is 4.79 Å². The Kier molecular flexibility index (Phi) is 5.69. The first-order chi connectivity index (χ1) is 13.6. The number of thiazole rings is 1. The van der Waals surface area contributed by atoms with Gasteiger partial charge in [-0.2, -0.15) is 0 Å². The van der Waals surface area contributed by atoms with Crippen molar-refractivity contribution < 1.29 is 9.53 Å². The molecule has 1 amide bonds. The molecule has 1 N–H and O–H groups in total. The summed E-state index contributed by atoms with van der Waals surface area (Å²) >= 11 is 14.1. The van der Waals surface area contributed by atoms with E-state index in [0.29, 0.717) is 36.1 Å². The minimum absolute atomic E-state index is 0.0867. The first-order valence-corrected chi connectivity index (χ1v) is 10.6. The molecule has 0 aliphatic carbocycles. The summed E-state index contributed by atoms with van der Waals surface area (Å²) in [6.07, 6.45) is 2.89. The number of nitrogens with zero attached hydrogens (tertiary/aromatic N) is 1.